The van der Waals surface area contributed by atoms with Crippen LogP contribution in [0.1, 0.15) is 31.6 Å². The zero-order valence-electron chi connectivity index (χ0n) is 8.99. The molecular formula is C11H20N2S. The lowest BCUT2D eigenvalue weighted by molar-refractivity contribution is 0.354. The van der Waals surface area contributed by atoms with Gasteiger partial charge in [-0.05, 0) is 30.2 Å². The highest BCUT2D eigenvalue weighted by atomic mass is 32.1. The van der Waals surface area contributed by atoms with Crippen molar-refractivity contribution in [3.8, 4) is 0 Å². The van der Waals surface area contributed by atoms with Crippen LogP contribution in [-0.4, -0.2) is 6.04 Å². The molecule has 0 saturated heterocycles. The van der Waals surface area contributed by atoms with E-state index in [0.29, 0.717) is 12.0 Å². The Morgan fingerprint density at radius 1 is 1.57 bits per heavy atom. The lowest BCUT2D eigenvalue weighted by Crippen LogP contribution is -2.40. The minimum atomic E-state index is 0.446. The largest absolute Gasteiger partial charge is 0.271 e. The predicted molar refractivity (Wildman–Crippen MR) is 63.2 cm³/mol. The van der Waals surface area contributed by atoms with Gasteiger partial charge in [-0.1, -0.05) is 26.3 Å². The minimum absolute atomic E-state index is 0.446. The molecule has 14 heavy (non-hydrogen) atoms. The van der Waals surface area contributed by atoms with E-state index in [2.05, 4.69) is 36.8 Å². The molecule has 0 bridgehead atoms. The second-order valence-electron chi connectivity index (χ2n) is 3.78. The maximum Gasteiger partial charge on any atom is 0.0239 e. The Kier molecular flexibility index (Phi) is 5.15. The molecule has 1 aromatic rings. The van der Waals surface area contributed by atoms with E-state index in [0.717, 1.165) is 12.8 Å². The molecule has 0 saturated carbocycles. The number of aryl methyl sites for hydroxylation is 1. The SMILES string of the molecule is CCC(C)C(CCc1cccs1)NN. The van der Waals surface area contributed by atoms with Crippen molar-refractivity contribution in [2.45, 2.75) is 39.2 Å². The van der Waals surface area contributed by atoms with Gasteiger partial charge in [-0.15, -0.1) is 11.3 Å². The molecule has 0 fully saturated rings. The zero-order valence-corrected chi connectivity index (χ0v) is 9.81. The fraction of sp³-hybridized carbons (Fsp3) is 0.636. The van der Waals surface area contributed by atoms with Crippen molar-refractivity contribution in [1.29, 1.82) is 0 Å². The zero-order chi connectivity index (χ0) is 10.4. The van der Waals surface area contributed by atoms with Gasteiger partial charge in [0.05, 0.1) is 0 Å². The van der Waals surface area contributed by atoms with E-state index in [1.807, 2.05) is 11.3 Å². The second kappa shape index (κ2) is 6.17. The maximum absolute atomic E-state index is 5.54. The highest BCUT2D eigenvalue weighted by molar-refractivity contribution is 7.09. The quantitative estimate of drug-likeness (QED) is 0.562. The fourth-order valence-corrected chi connectivity index (χ4v) is 2.29. The Balaban J connectivity index is 2.34. The van der Waals surface area contributed by atoms with E-state index in [1.54, 1.807) is 0 Å². The first kappa shape index (κ1) is 11.7. The van der Waals surface area contributed by atoms with Crippen molar-refractivity contribution >= 4 is 11.3 Å². The molecule has 0 radical (unpaired) electrons. The van der Waals surface area contributed by atoms with Crippen LogP contribution in [0.2, 0.25) is 0 Å². The number of thiophene rings is 1. The summed E-state index contributed by atoms with van der Waals surface area (Å²) in [7, 11) is 0. The van der Waals surface area contributed by atoms with Crippen molar-refractivity contribution in [2.75, 3.05) is 0 Å². The fourth-order valence-electron chi connectivity index (χ4n) is 1.57. The summed E-state index contributed by atoms with van der Waals surface area (Å²) in [6.07, 6.45) is 3.45. The van der Waals surface area contributed by atoms with Gasteiger partial charge in [0.15, 0.2) is 0 Å². The average Bonchev–Trinajstić information content (AvgIpc) is 2.71. The Morgan fingerprint density at radius 3 is 2.86 bits per heavy atom. The van der Waals surface area contributed by atoms with Gasteiger partial charge < -0.3 is 0 Å². The van der Waals surface area contributed by atoms with Gasteiger partial charge in [0.25, 0.3) is 0 Å². The molecule has 2 unspecified atom stereocenters. The second-order valence-corrected chi connectivity index (χ2v) is 4.81. The van der Waals surface area contributed by atoms with Gasteiger partial charge in [0.1, 0.15) is 0 Å². The molecule has 2 atom stereocenters. The third-order valence-electron chi connectivity index (χ3n) is 2.83. The third kappa shape index (κ3) is 3.40. The van der Waals surface area contributed by atoms with Crippen LogP contribution in [0.3, 0.4) is 0 Å². The van der Waals surface area contributed by atoms with Crippen molar-refractivity contribution in [1.82, 2.24) is 5.43 Å². The van der Waals surface area contributed by atoms with Gasteiger partial charge in [0, 0.05) is 10.9 Å². The van der Waals surface area contributed by atoms with Gasteiger partial charge in [-0.2, -0.15) is 0 Å². The Bertz CT molecular complexity index is 233. The number of hydrogen-bond acceptors (Lipinski definition) is 3. The summed E-state index contributed by atoms with van der Waals surface area (Å²) < 4.78 is 0. The molecule has 0 aliphatic rings. The summed E-state index contributed by atoms with van der Waals surface area (Å²) >= 11 is 1.83. The van der Waals surface area contributed by atoms with E-state index >= 15 is 0 Å². The van der Waals surface area contributed by atoms with E-state index < -0.39 is 0 Å². The molecule has 0 aliphatic heterocycles. The molecule has 1 heterocycles. The lowest BCUT2D eigenvalue weighted by atomic mass is 9.95. The molecule has 0 spiro atoms. The van der Waals surface area contributed by atoms with E-state index in [4.69, 9.17) is 5.84 Å². The van der Waals surface area contributed by atoms with Crippen LogP contribution in [-0.2, 0) is 6.42 Å². The molecule has 2 nitrogen and oxygen atoms in total. The van der Waals surface area contributed by atoms with Crippen LogP contribution in [0.25, 0.3) is 0 Å². The van der Waals surface area contributed by atoms with Crippen LogP contribution >= 0.6 is 11.3 Å². The highest BCUT2D eigenvalue weighted by Gasteiger charge is 2.13. The summed E-state index contributed by atoms with van der Waals surface area (Å²) in [6, 6.07) is 4.74. The van der Waals surface area contributed by atoms with Gasteiger partial charge in [-0.25, -0.2) is 0 Å². The van der Waals surface area contributed by atoms with Gasteiger partial charge in [0.2, 0.25) is 0 Å². The maximum atomic E-state index is 5.54. The van der Waals surface area contributed by atoms with Crippen molar-refractivity contribution < 1.29 is 0 Å². The Hall–Kier alpha value is -0.380. The monoisotopic (exact) mass is 212 g/mol. The summed E-state index contributed by atoms with van der Waals surface area (Å²) in [5.74, 6) is 6.19. The molecule has 0 amide bonds. The summed E-state index contributed by atoms with van der Waals surface area (Å²) in [5, 5.41) is 2.13. The van der Waals surface area contributed by atoms with E-state index in [1.165, 1.54) is 11.3 Å². The number of nitrogens with one attached hydrogen (secondary N) is 1. The van der Waals surface area contributed by atoms with Gasteiger partial charge in [-0.3, -0.25) is 11.3 Å². The first-order valence-corrected chi connectivity index (χ1v) is 6.14. The van der Waals surface area contributed by atoms with Crippen LogP contribution in [0, 0.1) is 5.92 Å². The first-order valence-electron chi connectivity index (χ1n) is 5.26. The lowest BCUT2D eigenvalue weighted by Gasteiger charge is -2.21. The summed E-state index contributed by atoms with van der Waals surface area (Å²) in [6.45, 7) is 4.46. The van der Waals surface area contributed by atoms with Gasteiger partial charge >= 0.3 is 0 Å². The smallest absolute Gasteiger partial charge is 0.0239 e. The number of hydrogen-bond donors (Lipinski definition) is 2. The van der Waals surface area contributed by atoms with Crippen LogP contribution in [0.5, 0.6) is 0 Å². The molecule has 1 rings (SSSR count). The molecule has 80 valence electrons. The van der Waals surface area contributed by atoms with E-state index in [-0.39, 0.29) is 0 Å². The van der Waals surface area contributed by atoms with Crippen molar-refractivity contribution in [3.05, 3.63) is 22.4 Å². The van der Waals surface area contributed by atoms with Crippen molar-refractivity contribution in [3.63, 3.8) is 0 Å². The predicted octanol–water partition coefficient (Wildman–Crippen LogP) is 2.56. The third-order valence-corrected chi connectivity index (χ3v) is 3.76. The number of rotatable bonds is 6. The average molecular weight is 212 g/mol. The molecule has 0 aromatic carbocycles. The van der Waals surface area contributed by atoms with Crippen LogP contribution < -0.4 is 11.3 Å². The van der Waals surface area contributed by atoms with Crippen LogP contribution in [0.4, 0.5) is 0 Å². The van der Waals surface area contributed by atoms with Crippen LogP contribution in [0.15, 0.2) is 17.5 Å². The van der Waals surface area contributed by atoms with E-state index in [9.17, 15) is 0 Å². The number of nitrogens with two attached hydrogens (primary N) is 1. The molecule has 1 aromatic heterocycles. The minimum Gasteiger partial charge on any atom is -0.271 e. The Morgan fingerprint density at radius 2 is 2.36 bits per heavy atom. The molecule has 3 N–H and O–H groups in total. The normalized spacial score (nSPS) is 15.4. The summed E-state index contributed by atoms with van der Waals surface area (Å²) in [4.78, 5) is 1.45. The van der Waals surface area contributed by atoms with Crippen molar-refractivity contribution in [2.24, 2.45) is 11.8 Å². The molecule has 3 heteroatoms. The first-order chi connectivity index (χ1) is 6.77. The Labute approximate surface area is 90.5 Å². The summed E-state index contributed by atoms with van der Waals surface area (Å²) in [5.41, 5.74) is 2.92. The topological polar surface area (TPSA) is 38.0 Å². The molecular weight excluding hydrogens is 192 g/mol. The standard InChI is InChI=1S/C11H20N2S/c1-3-9(2)11(13-12)7-6-10-5-4-8-14-10/h4-5,8-9,11,13H,3,6-7,12H2,1-2H3. The number of hydrazine groups is 1. The molecule has 0 aliphatic carbocycles. The highest BCUT2D eigenvalue weighted by Crippen LogP contribution is 2.16.